The summed E-state index contributed by atoms with van der Waals surface area (Å²) in [6, 6.07) is 7.88. The molecule has 1 unspecified atom stereocenters. The molecule has 2 N–H and O–H groups in total. The fourth-order valence-electron chi connectivity index (χ4n) is 2.58. The number of carbonyl (C=O) groups excluding carboxylic acids is 1. The van der Waals surface area contributed by atoms with Crippen molar-refractivity contribution < 1.29 is 23.3 Å². The van der Waals surface area contributed by atoms with Crippen LogP contribution in [0, 0.1) is 0 Å². The van der Waals surface area contributed by atoms with Crippen molar-refractivity contribution in [2.75, 3.05) is 12.0 Å². The Balaban J connectivity index is 2.09. The second-order valence-electron chi connectivity index (χ2n) is 6.07. The van der Waals surface area contributed by atoms with Crippen LogP contribution in [0.15, 0.2) is 34.3 Å². The molecule has 0 aromatic heterocycles. The molecule has 0 aliphatic carbocycles. The minimum Gasteiger partial charge on any atom is -0.392 e. The van der Waals surface area contributed by atoms with Crippen molar-refractivity contribution in [2.45, 2.75) is 42.4 Å². The molecule has 2 atom stereocenters. The molecule has 1 heterocycles. The van der Waals surface area contributed by atoms with Gasteiger partial charge in [-0.05, 0) is 30.4 Å². The van der Waals surface area contributed by atoms with Crippen LogP contribution in [0.3, 0.4) is 0 Å². The van der Waals surface area contributed by atoms with Crippen molar-refractivity contribution in [2.24, 2.45) is 5.16 Å². The first-order chi connectivity index (χ1) is 11.7. The van der Waals surface area contributed by atoms with Gasteiger partial charge in [-0.15, -0.1) is 11.8 Å². The number of nitrogens with one attached hydrogen (secondary N) is 1. The molecule has 1 aromatic rings. The van der Waals surface area contributed by atoms with E-state index in [1.54, 1.807) is 11.8 Å². The van der Waals surface area contributed by atoms with E-state index < -0.39 is 26.6 Å². The van der Waals surface area contributed by atoms with Crippen LogP contribution in [0.1, 0.15) is 32.3 Å². The number of nitrogens with zero attached hydrogens (tertiary/aromatic N) is 1. The van der Waals surface area contributed by atoms with Crippen molar-refractivity contribution in [3.05, 3.63) is 29.8 Å². The fourth-order valence-corrected chi connectivity index (χ4v) is 4.12. The number of oxime groups is 1. The van der Waals surface area contributed by atoms with Crippen molar-refractivity contribution in [3.8, 4) is 0 Å². The monoisotopic (exact) mass is 386 g/mol. The van der Waals surface area contributed by atoms with Crippen molar-refractivity contribution >= 4 is 33.2 Å². The summed E-state index contributed by atoms with van der Waals surface area (Å²) in [6.45, 7) is 3.35. The molecular formula is C16H22N2O5S2. The maximum atomic E-state index is 12.0. The second-order valence-corrected chi connectivity index (χ2v) is 9.86. The molecule has 0 bridgehead atoms. The van der Waals surface area contributed by atoms with Gasteiger partial charge >= 0.3 is 0 Å². The number of thioether (sulfide) groups is 1. The lowest BCUT2D eigenvalue weighted by Crippen LogP contribution is -2.51. The Hall–Kier alpha value is -1.58. The summed E-state index contributed by atoms with van der Waals surface area (Å²) in [5, 5.41) is 12.9. The molecule has 2 rings (SSSR count). The van der Waals surface area contributed by atoms with E-state index in [0.717, 1.165) is 22.5 Å². The van der Waals surface area contributed by atoms with Crippen LogP contribution in [0.5, 0.6) is 0 Å². The first kappa shape index (κ1) is 19.7. The largest absolute Gasteiger partial charge is 0.392 e. The first-order valence-corrected chi connectivity index (χ1v) is 10.7. The first-order valence-electron chi connectivity index (χ1n) is 7.81. The van der Waals surface area contributed by atoms with E-state index in [-0.39, 0.29) is 6.42 Å². The summed E-state index contributed by atoms with van der Waals surface area (Å²) in [5.41, 5.74) is 3.04. The number of hydroxylamine groups is 1. The lowest BCUT2D eigenvalue weighted by Gasteiger charge is -2.26. The molecule has 1 aliphatic heterocycles. The quantitative estimate of drug-likeness (QED) is 0.422. The van der Waals surface area contributed by atoms with Gasteiger partial charge in [0.2, 0.25) is 0 Å². The van der Waals surface area contributed by atoms with E-state index in [1.807, 2.05) is 24.3 Å². The number of hydrogen-bond donors (Lipinski definition) is 2. The van der Waals surface area contributed by atoms with Gasteiger partial charge in [0.05, 0.1) is 5.71 Å². The fraction of sp³-hybridized carbons (Fsp3) is 0.500. The summed E-state index contributed by atoms with van der Waals surface area (Å²) >= 11 is 1.74. The van der Waals surface area contributed by atoms with Gasteiger partial charge < -0.3 is 4.84 Å². The number of benzene rings is 1. The summed E-state index contributed by atoms with van der Waals surface area (Å²) in [7, 11) is -3.76. The molecule has 1 amide bonds. The standard InChI is InChI=1S/C16H22N2O5S2/c1-4-24-13-7-5-11(6-8-13)14-9-12(23-18-14)10-16(2,15(19)17-20)25(3,21)22/h5-8,12,20H,4,9-10H2,1-3H3,(H,17,19)/t12?,16-/m1/s1. The smallest absolute Gasteiger partial charge is 0.264 e. The summed E-state index contributed by atoms with van der Waals surface area (Å²) in [4.78, 5) is 18.4. The Morgan fingerprint density at radius 2 is 2.08 bits per heavy atom. The van der Waals surface area contributed by atoms with Crippen LogP contribution >= 0.6 is 11.8 Å². The molecule has 9 heteroatoms. The molecule has 138 valence electrons. The van der Waals surface area contributed by atoms with Gasteiger partial charge in [-0.2, -0.15) is 0 Å². The van der Waals surface area contributed by atoms with E-state index in [9.17, 15) is 13.2 Å². The molecular weight excluding hydrogens is 364 g/mol. The maximum absolute atomic E-state index is 12.0. The topological polar surface area (TPSA) is 105 Å². The average Bonchev–Trinajstić information content (AvgIpc) is 3.02. The summed E-state index contributed by atoms with van der Waals surface area (Å²) < 4.78 is 22.3. The van der Waals surface area contributed by atoms with Gasteiger partial charge in [-0.3, -0.25) is 10.0 Å². The molecule has 7 nitrogen and oxygen atoms in total. The van der Waals surface area contributed by atoms with Crippen molar-refractivity contribution in [3.63, 3.8) is 0 Å². The molecule has 0 radical (unpaired) electrons. The van der Waals surface area contributed by atoms with Crippen LogP contribution in [0.25, 0.3) is 0 Å². The number of amides is 1. The Bertz CT molecular complexity index is 761. The third-order valence-electron chi connectivity index (χ3n) is 4.25. The zero-order chi connectivity index (χ0) is 18.7. The Morgan fingerprint density at radius 1 is 1.44 bits per heavy atom. The predicted octanol–water partition coefficient (Wildman–Crippen LogP) is 1.99. The van der Waals surface area contributed by atoms with E-state index >= 15 is 0 Å². The van der Waals surface area contributed by atoms with Gasteiger partial charge in [-0.1, -0.05) is 24.2 Å². The third kappa shape index (κ3) is 4.34. The van der Waals surface area contributed by atoms with E-state index in [4.69, 9.17) is 10.0 Å². The van der Waals surface area contributed by atoms with E-state index in [0.29, 0.717) is 12.1 Å². The normalized spacial score (nSPS) is 19.7. The SMILES string of the molecule is CCSc1ccc(C2=NOC(C[C@](C)(C(=O)NO)S(C)(=O)=O)C2)cc1. The Kier molecular flexibility index (Phi) is 6.12. The molecule has 0 spiro atoms. The highest BCUT2D eigenvalue weighted by Crippen LogP contribution is 2.29. The van der Waals surface area contributed by atoms with Crippen LogP contribution in [-0.4, -0.2) is 48.1 Å². The van der Waals surface area contributed by atoms with Crippen molar-refractivity contribution in [1.82, 2.24) is 5.48 Å². The molecule has 0 saturated heterocycles. The number of carbonyl (C=O) groups is 1. The Labute approximate surface area is 151 Å². The number of hydrogen-bond acceptors (Lipinski definition) is 7. The zero-order valence-corrected chi connectivity index (χ0v) is 16.0. The van der Waals surface area contributed by atoms with Crippen LogP contribution in [0.2, 0.25) is 0 Å². The van der Waals surface area contributed by atoms with E-state index in [2.05, 4.69) is 12.1 Å². The van der Waals surface area contributed by atoms with Crippen molar-refractivity contribution in [1.29, 1.82) is 0 Å². The van der Waals surface area contributed by atoms with Crippen LogP contribution in [0.4, 0.5) is 0 Å². The molecule has 0 saturated carbocycles. The highest BCUT2D eigenvalue weighted by Gasteiger charge is 2.47. The lowest BCUT2D eigenvalue weighted by molar-refractivity contribution is -0.132. The maximum Gasteiger partial charge on any atom is 0.264 e. The molecule has 0 fully saturated rings. The molecule has 1 aromatic carbocycles. The minimum atomic E-state index is -3.76. The van der Waals surface area contributed by atoms with Crippen LogP contribution in [-0.2, 0) is 19.5 Å². The summed E-state index contributed by atoms with van der Waals surface area (Å²) in [5.74, 6) is 0.00986. The number of sulfone groups is 1. The Morgan fingerprint density at radius 3 is 2.60 bits per heavy atom. The highest BCUT2D eigenvalue weighted by molar-refractivity contribution is 7.99. The van der Waals surface area contributed by atoms with Gasteiger partial charge in [0, 0.05) is 24.0 Å². The minimum absolute atomic E-state index is 0.102. The van der Waals surface area contributed by atoms with Gasteiger partial charge in [0.1, 0.15) is 6.10 Å². The number of rotatable bonds is 7. The van der Waals surface area contributed by atoms with Gasteiger partial charge in [0.25, 0.3) is 5.91 Å². The van der Waals surface area contributed by atoms with E-state index in [1.165, 1.54) is 12.4 Å². The average molecular weight is 386 g/mol. The highest BCUT2D eigenvalue weighted by atomic mass is 32.2. The third-order valence-corrected chi connectivity index (χ3v) is 7.13. The van der Waals surface area contributed by atoms with Gasteiger partial charge in [-0.25, -0.2) is 13.9 Å². The molecule has 1 aliphatic rings. The lowest BCUT2D eigenvalue weighted by atomic mass is 9.96. The summed E-state index contributed by atoms with van der Waals surface area (Å²) in [6.07, 6.45) is 0.694. The van der Waals surface area contributed by atoms with Gasteiger partial charge in [0.15, 0.2) is 14.6 Å². The van der Waals surface area contributed by atoms with Crippen LogP contribution < -0.4 is 5.48 Å². The molecule has 25 heavy (non-hydrogen) atoms. The predicted molar refractivity (Wildman–Crippen MR) is 96.7 cm³/mol. The zero-order valence-electron chi connectivity index (χ0n) is 14.4. The second kappa shape index (κ2) is 7.76.